The van der Waals surface area contributed by atoms with Gasteiger partial charge in [-0.2, -0.15) is 5.10 Å². The van der Waals surface area contributed by atoms with Crippen LogP contribution in [0.2, 0.25) is 0 Å². The van der Waals surface area contributed by atoms with Gasteiger partial charge in [-0.05, 0) is 44.2 Å². The molecule has 0 fully saturated rings. The van der Waals surface area contributed by atoms with Crippen molar-refractivity contribution in [3.63, 3.8) is 0 Å². The van der Waals surface area contributed by atoms with Crippen molar-refractivity contribution in [3.8, 4) is 5.69 Å². The highest BCUT2D eigenvalue weighted by atomic mass is 32.2. The van der Waals surface area contributed by atoms with Crippen molar-refractivity contribution in [2.75, 3.05) is 13.1 Å². The SMILES string of the molecule is CCN[C@H](C)CNS(=O)(=O)c1ccc(-n2cc(C)cn2)c(F)c1. The van der Waals surface area contributed by atoms with Crippen molar-refractivity contribution >= 4 is 10.0 Å². The number of nitrogens with one attached hydrogen (secondary N) is 2. The van der Waals surface area contributed by atoms with E-state index < -0.39 is 15.8 Å². The fourth-order valence-corrected chi connectivity index (χ4v) is 3.27. The number of hydrogen-bond acceptors (Lipinski definition) is 4. The molecule has 8 heteroatoms. The first kappa shape index (κ1) is 17.6. The lowest BCUT2D eigenvalue weighted by atomic mass is 10.3. The molecule has 0 bridgehead atoms. The third kappa shape index (κ3) is 4.37. The van der Waals surface area contributed by atoms with Gasteiger partial charge in [0.05, 0.1) is 11.1 Å². The smallest absolute Gasteiger partial charge is 0.240 e. The van der Waals surface area contributed by atoms with E-state index in [0.717, 1.165) is 18.2 Å². The molecule has 0 saturated heterocycles. The molecule has 2 aromatic rings. The lowest BCUT2D eigenvalue weighted by molar-refractivity contribution is 0.535. The summed E-state index contributed by atoms with van der Waals surface area (Å²) in [5.41, 5.74) is 1.10. The number of aryl methyl sites for hydroxylation is 1. The van der Waals surface area contributed by atoms with Gasteiger partial charge in [-0.25, -0.2) is 22.2 Å². The molecule has 126 valence electrons. The molecule has 1 atom stereocenters. The number of likely N-dealkylation sites (N-methyl/N-ethyl adjacent to an activating group) is 1. The van der Waals surface area contributed by atoms with Crippen molar-refractivity contribution in [2.24, 2.45) is 0 Å². The van der Waals surface area contributed by atoms with E-state index >= 15 is 0 Å². The molecule has 0 aliphatic heterocycles. The molecule has 2 N–H and O–H groups in total. The number of nitrogens with zero attached hydrogens (tertiary/aromatic N) is 2. The highest BCUT2D eigenvalue weighted by molar-refractivity contribution is 7.89. The molecule has 0 aliphatic rings. The van der Waals surface area contributed by atoms with Crippen molar-refractivity contribution in [2.45, 2.75) is 31.7 Å². The lowest BCUT2D eigenvalue weighted by Crippen LogP contribution is -2.38. The lowest BCUT2D eigenvalue weighted by Gasteiger charge is -2.14. The van der Waals surface area contributed by atoms with Crippen molar-refractivity contribution < 1.29 is 12.8 Å². The number of aromatic nitrogens is 2. The van der Waals surface area contributed by atoms with Gasteiger partial charge in [-0.3, -0.25) is 0 Å². The molecule has 1 heterocycles. The van der Waals surface area contributed by atoms with Crippen LogP contribution in [-0.4, -0.2) is 37.3 Å². The Kier molecular flexibility index (Phi) is 5.51. The molecule has 0 aliphatic carbocycles. The zero-order valence-electron chi connectivity index (χ0n) is 13.4. The van der Waals surface area contributed by atoms with E-state index in [-0.39, 0.29) is 23.2 Å². The molecule has 1 aromatic carbocycles. The third-order valence-electron chi connectivity index (χ3n) is 3.32. The van der Waals surface area contributed by atoms with Gasteiger partial charge < -0.3 is 5.32 Å². The molecule has 0 saturated carbocycles. The fourth-order valence-electron chi connectivity index (χ4n) is 2.12. The Morgan fingerprint density at radius 2 is 2.13 bits per heavy atom. The third-order valence-corrected chi connectivity index (χ3v) is 4.74. The maximum absolute atomic E-state index is 14.2. The first-order valence-electron chi connectivity index (χ1n) is 7.37. The van der Waals surface area contributed by atoms with Crippen LogP contribution in [-0.2, 0) is 10.0 Å². The van der Waals surface area contributed by atoms with Crippen LogP contribution in [0.15, 0.2) is 35.5 Å². The molecule has 0 amide bonds. The second-order valence-corrected chi connectivity index (χ2v) is 7.15. The monoisotopic (exact) mass is 340 g/mol. The van der Waals surface area contributed by atoms with Crippen molar-refractivity contribution in [1.82, 2.24) is 19.8 Å². The standard InChI is InChI=1S/C15H21FN4O2S/c1-4-17-12(3)9-19-23(21,22)13-5-6-15(14(16)7-13)20-10-11(2)8-18-20/h5-8,10,12,17,19H,4,9H2,1-3H3/t12-/m1/s1. The van der Waals surface area contributed by atoms with Crippen molar-refractivity contribution in [3.05, 3.63) is 42.0 Å². The summed E-state index contributed by atoms with van der Waals surface area (Å²) in [5.74, 6) is -0.643. The summed E-state index contributed by atoms with van der Waals surface area (Å²) in [6.07, 6.45) is 3.27. The molecule has 6 nitrogen and oxygen atoms in total. The predicted molar refractivity (Wildman–Crippen MR) is 86.6 cm³/mol. The summed E-state index contributed by atoms with van der Waals surface area (Å²) in [6.45, 7) is 6.63. The Hall–Kier alpha value is -1.77. The normalized spacial score (nSPS) is 13.2. The van der Waals surface area contributed by atoms with Gasteiger partial charge in [-0.1, -0.05) is 6.92 Å². The number of benzene rings is 1. The highest BCUT2D eigenvalue weighted by Gasteiger charge is 2.17. The number of sulfonamides is 1. The van der Waals surface area contributed by atoms with E-state index in [2.05, 4.69) is 15.1 Å². The minimum absolute atomic E-state index is 0.00838. The van der Waals surface area contributed by atoms with Gasteiger partial charge in [-0.15, -0.1) is 0 Å². The minimum atomic E-state index is -3.75. The molecule has 1 aromatic heterocycles. The van der Waals surface area contributed by atoms with Gasteiger partial charge >= 0.3 is 0 Å². The van der Waals surface area contributed by atoms with Crippen LogP contribution in [0, 0.1) is 12.7 Å². The summed E-state index contributed by atoms with van der Waals surface area (Å²) in [6, 6.07) is 3.78. The Bertz CT molecular complexity index is 774. The van der Waals surface area contributed by atoms with Crippen LogP contribution in [0.25, 0.3) is 5.69 Å². The predicted octanol–water partition coefficient (Wildman–Crippen LogP) is 1.60. The zero-order chi connectivity index (χ0) is 17.0. The summed E-state index contributed by atoms with van der Waals surface area (Å²) in [4.78, 5) is -0.105. The van der Waals surface area contributed by atoms with Gasteiger partial charge in [0.2, 0.25) is 10.0 Å². The summed E-state index contributed by atoms with van der Waals surface area (Å²) >= 11 is 0. The summed E-state index contributed by atoms with van der Waals surface area (Å²) in [7, 11) is -3.75. The second kappa shape index (κ2) is 7.20. The van der Waals surface area contributed by atoms with Crippen LogP contribution in [0.1, 0.15) is 19.4 Å². The Morgan fingerprint density at radius 1 is 1.39 bits per heavy atom. The number of halogens is 1. The van der Waals surface area contributed by atoms with E-state index in [4.69, 9.17) is 0 Å². The van der Waals surface area contributed by atoms with Crippen LogP contribution in [0.5, 0.6) is 0 Å². The van der Waals surface area contributed by atoms with Gasteiger partial charge in [0.15, 0.2) is 0 Å². The maximum Gasteiger partial charge on any atom is 0.240 e. The Morgan fingerprint density at radius 3 is 2.70 bits per heavy atom. The van der Waals surface area contributed by atoms with Crippen LogP contribution < -0.4 is 10.0 Å². The van der Waals surface area contributed by atoms with Crippen LogP contribution >= 0.6 is 0 Å². The Labute approximate surface area is 135 Å². The van der Waals surface area contributed by atoms with E-state index in [1.165, 1.54) is 16.8 Å². The average molecular weight is 340 g/mol. The van der Waals surface area contributed by atoms with E-state index in [0.29, 0.717) is 0 Å². The van der Waals surface area contributed by atoms with Gasteiger partial charge in [0.1, 0.15) is 11.5 Å². The van der Waals surface area contributed by atoms with E-state index in [1.54, 1.807) is 12.4 Å². The van der Waals surface area contributed by atoms with Gasteiger partial charge in [0.25, 0.3) is 0 Å². The molecule has 0 spiro atoms. The number of rotatable bonds is 7. The minimum Gasteiger partial charge on any atom is -0.313 e. The molecular weight excluding hydrogens is 319 g/mol. The quantitative estimate of drug-likeness (QED) is 0.803. The molecule has 23 heavy (non-hydrogen) atoms. The molecule has 0 radical (unpaired) electrons. The summed E-state index contributed by atoms with van der Waals surface area (Å²) in [5, 5.41) is 7.12. The average Bonchev–Trinajstić information content (AvgIpc) is 2.92. The summed E-state index contributed by atoms with van der Waals surface area (Å²) < 4.78 is 42.5. The second-order valence-electron chi connectivity index (χ2n) is 5.39. The Balaban J connectivity index is 2.19. The maximum atomic E-state index is 14.2. The van der Waals surface area contributed by atoms with E-state index in [9.17, 15) is 12.8 Å². The van der Waals surface area contributed by atoms with Crippen LogP contribution in [0.4, 0.5) is 4.39 Å². The van der Waals surface area contributed by atoms with Crippen LogP contribution in [0.3, 0.4) is 0 Å². The van der Waals surface area contributed by atoms with Crippen molar-refractivity contribution in [1.29, 1.82) is 0 Å². The molecular formula is C15H21FN4O2S. The molecule has 0 unspecified atom stereocenters. The van der Waals surface area contributed by atoms with E-state index in [1.807, 2.05) is 20.8 Å². The van der Waals surface area contributed by atoms with Gasteiger partial charge in [0, 0.05) is 18.8 Å². The molecule has 2 rings (SSSR count). The zero-order valence-corrected chi connectivity index (χ0v) is 14.2. The first-order chi connectivity index (χ1) is 10.8. The largest absolute Gasteiger partial charge is 0.313 e. The first-order valence-corrected chi connectivity index (χ1v) is 8.86. The fraction of sp³-hybridized carbons (Fsp3) is 0.400. The highest BCUT2D eigenvalue weighted by Crippen LogP contribution is 2.18. The number of hydrogen-bond donors (Lipinski definition) is 2. The topological polar surface area (TPSA) is 76.0 Å².